The SMILES string of the molecule is COc1nc(-c2cccc(-c3cccc(Nc4nc(C(F)(F)F)nc5c4c(=O)n(C)c(=O)n5C)c3Cl)c2Cl)ccc1CNC1CCOCC1. The number of pyridine rings is 1. The molecule has 0 aliphatic carbocycles. The van der Waals surface area contributed by atoms with E-state index in [4.69, 9.17) is 37.7 Å². The van der Waals surface area contributed by atoms with E-state index in [1.54, 1.807) is 37.4 Å². The minimum Gasteiger partial charge on any atom is -0.481 e. The second-order valence-corrected chi connectivity index (χ2v) is 12.1. The van der Waals surface area contributed by atoms with Crippen molar-refractivity contribution in [1.82, 2.24) is 29.4 Å². The summed E-state index contributed by atoms with van der Waals surface area (Å²) in [5.41, 5.74) is 0.893. The molecule has 1 fully saturated rings. The first-order chi connectivity index (χ1) is 23.4. The zero-order valence-corrected chi connectivity index (χ0v) is 28.0. The lowest BCUT2D eigenvalue weighted by Gasteiger charge is -2.23. The third-order valence-electron chi connectivity index (χ3n) is 8.31. The lowest BCUT2D eigenvalue weighted by atomic mass is 10.00. The van der Waals surface area contributed by atoms with Crippen molar-refractivity contribution < 1.29 is 22.6 Å². The first-order valence-corrected chi connectivity index (χ1v) is 15.9. The Morgan fingerprint density at radius 1 is 0.918 bits per heavy atom. The minimum atomic E-state index is -4.97. The Kier molecular flexibility index (Phi) is 9.67. The highest BCUT2D eigenvalue weighted by Gasteiger charge is 2.36. The number of hydrogen-bond acceptors (Lipinski definition) is 9. The first-order valence-electron chi connectivity index (χ1n) is 15.1. The zero-order valence-electron chi connectivity index (χ0n) is 26.5. The van der Waals surface area contributed by atoms with Gasteiger partial charge < -0.3 is 20.1 Å². The maximum absolute atomic E-state index is 13.8. The van der Waals surface area contributed by atoms with Crippen molar-refractivity contribution in [3.05, 3.63) is 90.8 Å². The molecule has 0 saturated carbocycles. The highest BCUT2D eigenvalue weighted by Crippen LogP contribution is 2.42. The summed E-state index contributed by atoms with van der Waals surface area (Å²) in [6, 6.07) is 14.3. The quantitative estimate of drug-likeness (QED) is 0.196. The van der Waals surface area contributed by atoms with E-state index in [9.17, 15) is 22.8 Å². The van der Waals surface area contributed by atoms with Crippen molar-refractivity contribution in [2.75, 3.05) is 25.6 Å². The fourth-order valence-electron chi connectivity index (χ4n) is 5.66. The Morgan fingerprint density at radius 2 is 1.59 bits per heavy atom. The molecule has 2 aromatic carbocycles. The van der Waals surface area contributed by atoms with E-state index in [1.165, 1.54) is 20.2 Å². The van der Waals surface area contributed by atoms with Crippen molar-refractivity contribution in [3.63, 3.8) is 0 Å². The number of nitrogens with zero attached hydrogens (tertiary/aromatic N) is 5. The van der Waals surface area contributed by atoms with Crippen LogP contribution in [0.15, 0.2) is 58.1 Å². The van der Waals surface area contributed by atoms with Gasteiger partial charge in [0, 0.05) is 62.1 Å². The Morgan fingerprint density at radius 3 is 2.29 bits per heavy atom. The summed E-state index contributed by atoms with van der Waals surface area (Å²) in [7, 11) is 3.97. The number of aryl methyl sites for hydroxylation is 1. The molecular formula is C33H30Cl2F3N7O4. The van der Waals surface area contributed by atoms with Crippen molar-refractivity contribution in [2.24, 2.45) is 14.1 Å². The molecule has 6 rings (SSSR count). The van der Waals surface area contributed by atoms with Gasteiger partial charge in [-0.1, -0.05) is 59.6 Å². The van der Waals surface area contributed by atoms with Crippen molar-refractivity contribution in [2.45, 2.75) is 31.6 Å². The van der Waals surface area contributed by atoms with Gasteiger partial charge in [0.05, 0.1) is 28.5 Å². The van der Waals surface area contributed by atoms with E-state index >= 15 is 0 Å². The Labute approximate surface area is 287 Å². The maximum Gasteiger partial charge on any atom is 0.451 e. The van der Waals surface area contributed by atoms with Gasteiger partial charge in [-0.3, -0.25) is 13.9 Å². The molecule has 0 radical (unpaired) electrons. The summed E-state index contributed by atoms with van der Waals surface area (Å²) in [5, 5.41) is 6.39. The monoisotopic (exact) mass is 715 g/mol. The van der Waals surface area contributed by atoms with Crippen LogP contribution in [0.3, 0.4) is 0 Å². The van der Waals surface area contributed by atoms with Gasteiger partial charge in [0.25, 0.3) is 5.56 Å². The van der Waals surface area contributed by atoms with E-state index in [1.807, 2.05) is 12.1 Å². The molecule has 3 aromatic heterocycles. The van der Waals surface area contributed by atoms with Crippen LogP contribution in [-0.2, 0) is 31.6 Å². The Hall–Kier alpha value is -4.50. The second-order valence-electron chi connectivity index (χ2n) is 11.4. The fourth-order valence-corrected chi connectivity index (χ4v) is 6.26. The lowest BCUT2D eigenvalue weighted by Crippen LogP contribution is -2.38. The number of alkyl halides is 3. The largest absolute Gasteiger partial charge is 0.481 e. The third-order valence-corrected chi connectivity index (χ3v) is 9.12. The number of fused-ring (bicyclic) bond motifs is 1. The van der Waals surface area contributed by atoms with Crippen LogP contribution in [0.4, 0.5) is 24.7 Å². The van der Waals surface area contributed by atoms with Crippen LogP contribution in [0.5, 0.6) is 5.88 Å². The summed E-state index contributed by atoms with van der Waals surface area (Å²) < 4.78 is 54.2. The summed E-state index contributed by atoms with van der Waals surface area (Å²) >= 11 is 13.8. The van der Waals surface area contributed by atoms with Gasteiger partial charge in [-0.25, -0.2) is 19.7 Å². The predicted molar refractivity (Wildman–Crippen MR) is 181 cm³/mol. The van der Waals surface area contributed by atoms with Gasteiger partial charge in [0.15, 0.2) is 5.65 Å². The number of rotatable bonds is 8. The number of ether oxygens (including phenoxy) is 2. The van der Waals surface area contributed by atoms with Crippen LogP contribution in [0.1, 0.15) is 24.2 Å². The van der Waals surface area contributed by atoms with E-state index in [2.05, 4.69) is 20.6 Å². The molecule has 0 unspecified atom stereocenters. The summed E-state index contributed by atoms with van der Waals surface area (Å²) in [4.78, 5) is 37.5. The summed E-state index contributed by atoms with van der Waals surface area (Å²) in [5.74, 6) is -1.57. The van der Waals surface area contributed by atoms with Gasteiger partial charge in [0.1, 0.15) is 11.2 Å². The number of anilines is 2. The Balaban J connectivity index is 1.37. The van der Waals surface area contributed by atoms with E-state index < -0.39 is 34.7 Å². The molecule has 1 aliphatic rings. The van der Waals surface area contributed by atoms with E-state index in [0.29, 0.717) is 45.9 Å². The second kappa shape index (κ2) is 13.8. The van der Waals surface area contributed by atoms with Gasteiger partial charge in [-0.05, 0) is 25.0 Å². The van der Waals surface area contributed by atoms with Crippen LogP contribution >= 0.6 is 23.2 Å². The van der Waals surface area contributed by atoms with Crippen LogP contribution in [0.2, 0.25) is 10.0 Å². The molecule has 16 heteroatoms. The average Bonchev–Trinajstić information content (AvgIpc) is 3.09. The van der Waals surface area contributed by atoms with Crippen LogP contribution in [0.25, 0.3) is 33.4 Å². The molecule has 49 heavy (non-hydrogen) atoms. The molecule has 0 bridgehead atoms. The highest BCUT2D eigenvalue weighted by molar-refractivity contribution is 6.39. The molecule has 256 valence electrons. The van der Waals surface area contributed by atoms with E-state index in [0.717, 1.165) is 40.8 Å². The number of hydrogen-bond donors (Lipinski definition) is 2. The topological polar surface area (TPSA) is 125 Å². The Bertz CT molecular complexity index is 2180. The average molecular weight is 717 g/mol. The molecule has 11 nitrogen and oxygen atoms in total. The van der Waals surface area contributed by atoms with Crippen LogP contribution < -0.4 is 26.6 Å². The first kappa shape index (κ1) is 34.4. The minimum absolute atomic E-state index is 0.0867. The van der Waals surface area contributed by atoms with Crippen molar-refractivity contribution in [3.8, 4) is 28.3 Å². The van der Waals surface area contributed by atoms with Gasteiger partial charge in [0.2, 0.25) is 11.7 Å². The number of halogens is 5. The number of benzene rings is 2. The standard InChI is InChI=1S/C33H30Cl2F3N7O4/c1-44-28-24(30(46)45(2)32(44)47)27(42-31(43-28)33(36,37)38)40-23-9-5-7-20(26(23)35)19-6-4-8-21(25(19)34)22-11-10-17(29(41-22)48-3)16-39-18-12-14-49-15-13-18/h4-11,18,39H,12-16H2,1-3H3,(H,40,42,43). The van der Waals surface area contributed by atoms with Crippen molar-refractivity contribution in [1.29, 1.82) is 0 Å². The third kappa shape index (κ3) is 6.73. The van der Waals surface area contributed by atoms with Crippen LogP contribution in [0, 0.1) is 0 Å². The molecule has 0 spiro atoms. The zero-order chi connectivity index (χ0) is 35.0. The molecule has 2 N–H and O–H groups in total. The molecule has 4 heterocycles. The highest BCUT2D eigenvalue weighted by atomic mass is 35.5. The normalized spacial score (nSPS) is 14.0. The maximum atomic E-state index is 13.8. The lowest BCUT2D eigenvalue weighted by molar-refractivity contribution is -0.144. The molecule has 0 amide bonds. The fraction of sp³-hybridized carbons (Fsp3) is 0.303. The smallest absolute Gasteiger partial charge is 0.451 e. The van der Waals surface area contributed by atoms with Gasteiger partial charge in [-0.15, -0.1) is 0 Å². The number of aromatic nitrogens is 5. The number of methoxy groups -OCH3 is 1. The number of nitrogens with one attached hydrogen (secondary N) is 2. The molecule has 0 atom stereocenters. The predicted octanol–water partition coefficient (Wildman–Crippen LogP) is 6.10. The van der Waals surface area contributed by atoms with Crippen molar-refractivity contribution >= 4 is 45.7 Å². The van der Waals surface area contributed by atoms with Gasteiger partial charge >= 0.3 is 11.9 Å². The molecule has 1 saturated heterocycles. The molecule has 5 aromatic rings. The van der Waals surface area contributed by atoms with Crippen LogP contribution in [-0.4, -0.2) is 50.5 Å². The molecular weight excluding hydrogens is 686 g/mol. The van der Waals surface area contributed by atoms with E-state index in [-0.39, 0.29) is 16.1 Å². The van der Waals surface area contributed by atoms with Gasteiger partial charge in [-0.2, -0.15) is 13.2 Å². The molecule has 1 aliphatic heterocycles. The summed E-state index contributed by atoms with van der Waals surface area (Å²) in [6.07, 6.45) is -3.12. The summed E-state index contributed by atoms with van der Waals surface area (Å²) in [6.45, 7) is 2.02.